The number of benzene rings is 1. The summed E-state index contributed by atoms with van der Waals surface area (Å²) in [6, 6.07) is 15.8. The molecule has 5 heterocycles. The molecular formula is C23H15FN6OS. The molecule has 0 amide bonds. The van der Waals surface area contributed by atoms with E-state index >= 15 is 0 Å². The number of aromatic nitrogens is 6. The lowest BCUT2D eigenvalue weighted by atomic mass is 10.2. The van der Waals surface area contributed by atoms with Gasteiger partial charge in [0.25, 0.3) is 0 Å². The quantitative estimate of drug-likeness (QED) is 0.367. The number of fused-ring (bicyclic) bond motifs is 2. The van der Waals surface area contributed by atoms with Gasteiger partial charge in [-0.25, -0.2) is 9.37 Å². The number of rotatable bonds is 4. The Morgan fingerprint density at radius 2 is 1.88 bits per heavy atom. The zero-order valence-corrected chi connectivity index (χ0v) is 17.6. The summed E-state index contributed by atoms with van der Waals surface area (Å²) in [6.07, 6.45) is 5.67. The number of imidazole rings is 1. The van der Waals surface area contributed by atoms with E-state index in [4.69, 9.17) is 4.42 Å². The molecule has 7 nitrogen and oxygen atoms in total. The topological polar surface area (TPSA) is 73.5 Å². The van der Waals surface area contributed by atoms with Crippen molar-refractivity contribution in [1.82, 2.24) is 29.2 Å². The summed E-state index contributed by atoms with van der Waals surface area (Å²) in [5, 5.41) is 14.1. The molecule has 9 heteroatoms. The molecule has 0 fully saturated rings. The molecule has 0 unspecified atom stereocenters. The van der Waals surface area contributed by atoms with Crippen molar-refractivity contribution in [3.8, 4) is 22.8 Å². The predicted molar refractivity (Wildman–Crippen MR) is 121 cm³/mol. The van der Waals surface area contributed by atoms with Crippen LogP contribution in [0.1, 0.15) is 16.5 Å². The second-order valence-corrected chi connectivity index (χ2v) is 8.16. The molecule has 1 aromatic carbocycles. The molecule has 0 aliphatic heterocycles. The minimum absolute atomic E-state index is 0.276. The summed E-state index contributed by atoms with van der Waals surface area (Å²) in [5.41, 5.74) is 3.39. The Morgan fingerprint density at radius 1 is 1.00 bits per heavy atom. The monoisotopic (exact) mass is 442 g/mol. The van der Waals surface area contributed by atoms with Crippen molar-refractivity contribution in [3.05, 3.63) is 83.1 Å². The summed E-state index contributed by atoms with van der Waals surface area (Å²) < 4.78 is 22.7. The molecule has 0 saturated heterocycles. The van der Waals surface area contributed by atoms with Gasteiger partial charge in [-0.2, -0.15) is 9.61 Å². The molecule has 32 heavy (non-hydrogen) atoms. The maximum absolute atomic E-state index is 13.1. The lowest BCUT2D eigenvalue weighted by Gasteiger charge is -1.99. The minimum Gasteiger partial charge on any atom is -0.457 e. The normalized spacial score (nSPS) is 11.9. The van der Waals surface area contributed by atoms with Crippen molar-refractivity contribution in [2.45, 2.75) is 6.92 Å². The molecule has 6 aromatic rings. The number of pyridine rings is 1. The summed E-state index contributed by atoms with van der Waals surface area (Å²) in [7, 11) is 0. The van der Waals surface area contributed by atoms with Gasteiger partial charge in [-0.15, -0.1) is 10.2 Å². The summed E-state index contributed by atoms with van der Waals surface area (Å²) in [4.78, 5) is 5.29. The fraction of sp³-hybridized carbons (Fsp3) is 0.0435. The van der Waals surface area contributed by atoms with Gasteiger partial charge in [-0.1, -0.05) is 17.4 Å². The highest BCUT2D eigenvalue weighted by Crippen LogP contribution is 2.27. The molecule has 0 radical (unpaired) electrons. The van der Waals surface area contributed by atoms with E-state index in [9.17, 15) is 4.39 Å². The van der Waals surface area contributed by atoms with Gasteiger partial charge in [0, 0.05) is 11.8 Å². The Morgan fingerprint density at radius 3 is 2.75 bits per heavy atom. The van der Waals surface area contributed by atoms with Crippen molar-refractivity contribution in [3.63, 3.8) is 0 Å². The molecule has 0 aliphatic rings. The van der Waals surface area contributed by atoms with Crippen molar-refractivity contribution in [1.29, 1.82) is 0 Å². The second-order valence-electron chi connectivity index (χ2n) is 7.18. The predicted octanol–water partition coefficient (Wildman–Crippen LogP) is 5.38. The van der Waals surface area contributed by atoms with Crippen molar-refractivity contribution in [2.75, 3.05) is 0 Å². The maximum atomic E-state index is 13.1. The average molecular weight is 442 g/mol. The molecule has 0 spiro atoms. The van der Waals surface area contributed by atoms with Gasteiger partial charge in [0.1, 0.15) is 33.7 Å². The Hall–Kier alpha value is -4.11. The molecule has 6 rings (SSSR count). The first-order chi connectivity index (χ1) is 15.7. The molecule has 0 N–H and O–H groups in total. The first-order valence-electron chi connectivity index (χ1n) is 9.86. The van der Waals surface area contributed by atoms with Crippen LogP contribution in [0.3, 0.4) is 0 Å². The fourth-order valence-electron chi connectivity index (χ4n) is 3.59. The van der Waals surface area contributed by atoms with Gasteiger partial charge in [0.15, 0.2) is 0 Å². The first-order valence-corrected chi connectivity index (χ1v) is 10.7. The number of furan rings is 1. The van der Waals surface area contributed by atoms with E-state index in [2.05, 4.69) is 20.3 Å². The Bertz CT molecular complexity index is 1600. The lowest BCUT2D eigenvalue weighted by Crippen LogP contribution is -1.96. The van der Waals surface area contributed by atoms with E-state index < -0.39 is 0 Å². The Labute approximate surface area is 185 Å². The standard InChI is InChI=1S/C23H15FN6OS/c1-14-21(29-13-3-2-4-19(29)25-14)22-26-27-23-30(22)28-20(32-23)12-10-17-9-11-18(31-17)15-5-7-16(24)8-6-15/h2-13H,1H3/b12-10+. The van der Waals surface area contributed by atoms with Gasteiger partial charge >= 0.3 is 0 Å². The van der Waals surface area contributed by atoms with Crippen LogP contribution in [-0.4, -0.2) is 29.2 Å². The smallest absolute Gasteiger partial charge is 0.235 e. The van der Waals surface area contributed by atoms with E-state index in [1.807, 2.05) is 60.0 Å². The fourth-order valence-corrected chi connectivity index (χ4v) is 4.34. The van der Waals surface area contributed by atoms with Crippen LogP contribution in [0.5, 0.6) is 0 Å². The number of halogens is 1. The zero-order valence-electron chi connectivity index (χ0n) is 16.8. The third kappa shape index (κ3) is 3.10. The molecule has 156 valence electrons. The maximum Gasteiger partial charge on any atom is 0.235 e. The number of hydrogen-bond donors (Lipinski definition) is 0. The largest absolute Gasteiger partial charge is 0.457 e. The first kappa shape index (κ1) is 18.6. The highest BCUT2D eigenvalue weighted by atomic mass is 32.1. The number of hydrogen-bond acceptors (Lipinski definition) is 6. The molecule has 5 aromatic heterocycles. The van der Waals surface area contributed by atoms with E-state index in [0.717, 1.165) is 27.6 Å². The molecule has 0 bridgehead atoms. The van der Waals surface area contributed by atoms with Gasteiger partial charge < -0.3 is 4.42 Å². The van der Waals surface area contributed by atoms with Crippen LogP contribution in [0.2, 0.25) is 0 Å². The van der Waals surface area contributed by atoms with Crippen molar-refractivity contribution in [2.24, 2.45) is 0 Å². The van der Waals surface area contributed by atoms with Crippen LogP contribution in [-0.2, 0) is 0 Å². The zero-order chi connectivity index (χ0) is 21.7. The summed E-state index contributed by atoms with van der Waals surface area (Å²) >= 11 is 1.43. The van der Waals surface area contributed by atoms with Gasteiger partial charge in [0.05, 0.1) is 5.69 Å². The molecule has 0 atom stereocenters. The van der Waals surface area contributed by atoms with Crippen molar-refractivity contribution >= 4 is 34.1 Å². The van der Waals surface area contributed by atoms with Crippen LogP contribution < -0.4 is 0 Å². The van der Waals surface area contributed by atoms with E-state index in [-0.39, 0.29) is 5.82 Å². The second kappa shape index (κ2) is 7.24. The highest BCUT2D eigenvalue weighted by Gasteiger charge is 2.19. The van der Waals surface area contributed by atoms with Gasteiger partial charge in [0.2, 0.25) is 10.8 Å². The van der Waals surface area contributed by atoms with Crippen LogP contribution in [0, 0.1) is 12.7 Å². The third-order valence-corrected chi connectivity index (χ3v) is 5.93. The van der Waals surface area contributed by atoms with E-state index in [1.54, 1.807) is 16.6 Å². The van der Waals surface area contributed by atoms with E-state index in [1.165, 1.54) is 23.5 Å². The summed E-state index contributed by atoms with van der Waals surface area (Å²) in [6.45, 7) is 1.95. The van der Waals surface area contributed by atoms with Gasteiger partial charge in [-0.3, -0.25) is 4.40 Å². The Balaban J connectivity index is 1.32. The Kier molecular flexibility index (Phi) is 4.22. The van der Waals surface area contributed by atoms with Crippen LogP contribution in [0.15, 0.2) is 65.2 Å². The van der Waals surface area contributed by atoms with Crippen LogP contribution in [0.25, 0.3) is 45.6 Å². The minimum atomic E-state index is -0.276. The van der Waals surface area contributed by atoms with Crippen LogP contribution >= 0.6 is 11.3 Å². The molecule has 0 saturated carbocycles. The number of nitrogens with zero attached hydrogens (tertiary/aromatic N) is 6. The SMILES string of the molecule is Cc1nc2ccccn2c1-c1nnc2sc(/C=C/c3ccc(-c4ccc(F)cc4)o3)nn12. The average Bonchev–Trinajstić information content (AvgIpc) is 3.55. The summed E-state index contributed by atoms with van der Waals surface area (Å²) in [5.74, 6) is 1.71. The van der Waals surface area contributed by atoms with Crippen LogP contribution in [0.4, 0.5) is 4.39 Å². The van der Waals surface area contributed by atoms with Gasteiger partial charge in [-0.05, 0) is 67.6 Å². The third-order valence-electron chi connectivity index (χ3n) is 5.07. The molecular weight excluding hydrogens is 427 g/mol. The number of aryl methyl sites for hydroxylation is 1. The van der Waals surface area contributed by atoms with Crippen molar-refractivity contribution < 1.29 is 8.81 Å². The lowest BCUT2D eigenvalue weighted by molar-refractivity contribution is 0.571. The highest BCUT2D eigenvalue weighted by molar-refractivity contribution is 7.17. The molecule has 0 aliphatic carbocycles. The van der Waals surface area contributed by atoms with E-state index in [0.29, 0.717) is 22.3 Å².